The lowest BCUT2D eigenvalue weighted by molar-refractivity contribution is -0.274. The predicted octanol–water partition coefficient (Wildman–Crippen LogP) is 7.24. The van der Waals surface area contributed by atoms with Gasteiger partial charge in [-0.3, -0.25) is 14.8 Å². The minimum absolute atomic E-state index is 0.209. The highest BCUT2D eigenvalue weighted by Crippen LogP contribution is 2.36. The minimum Gasteiger partial charge on any atom is -0.405 e. The van der Waals surface area contributed by atoms with E-state index >= 15 is 0 Å². The number of rotatable bonds is 8. The SMILES string of the molecule is C=N/C(C)=C\C=C(/C)Nc1ncc2c(n1)N(C)C(=O)N(c1cc(-c3ncc(-c4ccccc4OC(F)(F)F)[nH]3)ccc1C)C2. The van der Waals surface area contributed by atoms with Crippen molar-refractivity contribution in [2.24, 2.45) is 4.99 Å². The maximum Gasteiger partial charge on any atom is 0.573 e. The molecular formula is C31H29F3N8O2. The second kappa shape index (κ2) is 12.0. The molecule has 0 atom stereocenters. The van der Waals surface area contributed by atoms with Crippen LogP contribution in [0.1, 0.15) is 25.0 Å². The lowest BCUT2D eigenvalue weighted by Gasteiger charge is -2.35. The first kappa shape index (κ1) is 30.0. The molecule has 4 aromatic rings. The van der Waals surface area contributed by atoms with Crippen LogP contribution in [-0.4, -0.2) is 46.1 Å². The molecule has 0 spiro atoms. The number of aromatic amines is 1. The molecule has 0 aliphatic carbocycles. The summed E-state index contributed by atoms with van der Waals surface area (Å²) in [4.78, 5) is 37.0. The molecule has 2 N–H and O–H groups in total. The number of nitrogens with zero attached hydrogens (tertiary/aromatic N) is 6. The molecule has 0 radical (unpaired) electrons. The van der Waals surface area contributed by atoms with Crippen molar-refractivity contribution in [1.29, 1.82) is 0 Å². The lowest BCUT2D eigenvalue weighted by Crippen LogP contribution is -2.46. The maximum atomic E-state index is 13.6. The van der Waals surface area contributed by atoms with Gasteiger partial charge in [-0.05, 0) is 63.4 Å². The number of halogens is 3. The summed E-state index contributed by atoms with van der Waals surface area (Å²) in [5, 5.41) is 3.12. The van der Waals surface area contributed by atoms with E-state index in [1.165, 1.54) is 29.3 Å². The number of ether oxygens (including phenoxy) is 1. The number of hydrogen-bond donors (Lipinski definition) is 2. The van der Waals surface area contributed by atoms with Crippen LogP contribution in [0.15, 0.2) is 83.4 Å². The Hall–Kier alpha value is -5.46. The molecule has 0 saturated heterocycles. The van der Waals surface area contributed by atoms with Gasteiger partial charge in [0.1, 0.15) is 17.4 Å². The fourth-order valence-corrected chi connectivity index (χ4v) is 4.63. The molecule has 3 heterocycles. The monoisotopic (exact) mass is 602 g/mol. The zero-order valence-corrected chi connectivity index (χ0v) is 24.4. The van der Waals surface area contributed by atoms with Crippen LogP contribution < -0.4 is 19.9 Å². The highest BCUT2D eigenvalue weighted by Gasteiger charge is 2.33. The van der Waals surface area contributed by atoms with Crippen LogP contribution in [0.4, 0.5) is 35.4 Å². The summed E-state index contributed by atoms with van der Waals surface area (Å²) in [7, 11) is 1.65. The van der Waals surface area contributed by atoms with Crippen LogP contribution in [0.2, 0.25) is 0 Å². The van der Waals surface area contributed by atoms with Crippen LogP contribution in [0.25, 0.3) is 22.6 Å². The number of fused-ring (bicyclic) bond motifs is 1. The number of anilines is 3. The molecule has 2 amide bonds. The Morgan fingerprint density at radius 3 is 2.66 bits per heavy atom. The smallest absolute Gasteiger partial charge is 0.405 e. The molecule has 0 saturated carbocycles. The number of amides is 2. The van der Waals surface area contributed by atoms with E-state index in [4.69, 9.17) is 0 Å². The van der Waals surface area contributed by atoms with E-state index in [9.17, 15) is 18.0 Å². The number of aromatic nitrogens is 4. The highest BCUT2D eigenvalue weighted by molar-refractivity contribution is 6.05. The van der Waals surface area contributed by atoms with Gasteiger partial charge in [-0.25, -0.2) is 14.8 Å². The van der Waals surface area contributed by atoms with Gasteiger partial charge in [-0.1, -0.05) is 24.3 Å². The fraction of sp³-hybridized carbons (Fsp3) is 0.194. The number of nitrogens with one attached hydrogen (secondary N) is 2. The van der Waals surface area contributed by atoms with E-state index in [0.29, 0.717) is 34.5 Å². The Bertz CT molecular complexity index is 1790. The normalized spacial score (nSPS) is 14.0. The molecule has 13 heteroatoms. The number of imidazole rings is 1. The molecule has 2 aromatic carbocycles. The van der Waals surface area contributed by atoms with Crippen molar-refractivity contribution in [1.82, 2.24) is 19.9 Å². The van der Waals surface area contributed by atoms with Gasteiger partial charge in [-0.2, -0.15) is 4.98 Å². The number of para-hydroxylation sites is 1. The van der Waals surface area contributed by atoms with Gasteiger partial charge in [0.25, 0.3) is 0 Å². The Morgan fingerprint density at radius 2 is 1.91 bits per heavy atom. The Morgan fingerprint density at radius 1 is 1.14 bits per heavy atom. The number of urea groups is 1. The summed E-state index contributed by atoms with van der Waals surface area (Å²) < 4.78 is 43.0. The molecule has 1 aliphatic heterocycles. The van der Waals surface area contributed by atoms with E-state index < -0.39 is 6.36 Å². The predicted molar refractivity (Wildman–Crippen MR) is 164 cm³/mol. The Labute approximate surface area is 251 Å². The molecule has 0 unspecified atom stereocenters. The highest BCUT2D eigenvalue weighted by atomic mass is 19.4. The number of allylic oxidation sites excluding steroid dienone is 4. The number of alkyl halides is 3. The van der Waals surface area contributed by atoms with E-state index in [-0.39, 0.29) is 23.9 Å². The maximum absolute atomic E-state index is 13.6. The van der Waals surface area contributed by atoms with Crippen molar-refractivity contribution in [2.75, 3.05) is 22.2 Å². The molecule has 0 fully saturated rings. The zero-order valence-electron chi connectivity index (χ0n) is 24.4. The second-order valence-corrected chi connectivity index (χ2v) is 10.1. The quantitative estimate of drug-likeness (QED) is 0.163. The number of hydrogen-bond acceptors (Lipinski definition) is 7. The van der Waals surface area contributed by atoms with Crippen molar-refractivity contribution in [3.63, 3.8) is 0 Å². The number of benzene rings is 2. The number of carbonyl (C=O) groups is 1. The van der Waals surface area contributed by atoms with E-state index in [2.05, 4.69) is 41.7 Å². The van der Waals surface area contributed by atoms with Crippen molar-refractivity contribution >= 4 is 30.2 Å². The number of aliphatic imine (C=N–C) groups is 1. The first-order chi connectivity index (χ1) is 20.9. The van der Waals surface area contributed by atoms with E-state index in [0.717, 1.165) is 22.5 Å². The number of H-pyrrole nitrogens is 1. The fourth-order valence-electron chi connectivity index (χ4n) is 4.63. The lowest BCUT2D eigenvalue weighted by atomic mass is 10.1. The second-order valence-electron chi connectivity index (χ2n) is 10.1. The first-order valence-corrected chi connectivity index (χ1v) is 13.4. The minimum atomic E-state index is -4.84. The van der Waals surface area contributed by atoms with Crippen molar-refractivity contribution in [3.05, 3.63) is 89.5 Å². The molecule has 10 nitrogen and oxygen atoms in total. The average Bonchev–Trinajstić information content (AvgIpc) is 3.48. The van der Waals surface area contributed by atoms with Gasteiger partial charge in [0, 0.05) is 47.0 Å². The first-order valence-electron chi connectivity index (χ1n) is 13.4. The largest absolute Gasteiger partial charge is 0.573 e. The topological polar surface area (TPSA) is 112 Å². The molecule has 1 aliphatic rings. The van der Waals surface area contributed by atoms with Crippen LogP contribution in [0.5, 0.6) is 5.75 Å². The van der Waals surface area contributed by atoms with Gasteiger partial charge in [0.05, 0.1) is 18.4 Å². The molecule has 0 bridgehead atoms. The summed E-state index contributed by atoms with van der Waals surface area (Å²) in [6.07, 6.45) is 1.92. The molecule has 2 aromatic heterocycles. The molecule has 5 rings (SSSR count). The standard InChI is InChI=1S/C31H29F3N8O2/c1-18-10-13-21(27-36-16-24(39-27)23-8-6-7-9-26(23)44-31(32,33)34)14-25(18)42-17-22-15-37-29(40-28(22)41(5)30(42)43)38-20(3)12-11-19(2)35-4/h6-16H,4,17H2,1-3,5H3,(H,36,39)(H,37,38,40)/b19-11-,20-12+. The van der Waals surface area contributed by atoms with Gasteiger partial charge < -0.3 is 15.0 Å². The third-order valence-corrected chi connectivity index (χ3v) is 6.89. The number of carbonyl (C=O) groups excluding carboxylic acids is 1. The zero-order chi connectivity index (χ0) is 31.6. The average molecular weight is 603 g/mol. The van der Waals surface area contributed by atoms with E-state index in [1.807, 2.05) is 51.1 Å². The Kier molecular flexibility index (Phi) is 8.21. The third-order valence-electron chi connectivity index (χ3n) is 6.89. The summed E-state index contributed by atoms with van der Waals surface area (Å²) in [6.45, 7) is 9.30. The number of aryl methyl sites for hydroxylation is 1. The van der Waals surface area contributed by atoms with Crippen LogP contribution in [0.3, 0.4) is 0 Å². The van der Waals surface area contributed by atoms with Gasteiger partial charge >= 0.3 is 12.4 Å². The van der Waals surface area contributed by atoms with Gasteiger partial charge in [0.15, 0.2) is 0 Å². The summed E-state index contributed by atoms with van der Waals surface area (Å²) in [6, 6.07) is 11.0. The van der Waals surface area contributed by atoms with Crippen LogP contribution >= 0.6 is 0 Å². The third kappa shape index (κ3) is 6.46. The van der Waals surface area contributed by atoms with Gasteiger partial charge in [-0.15, -0.1) is 13.2 Å². The summed E-state index contributed by atoms with van der Waals surface area (Å²) >= 11 is 0. The summed E-state index contributed by atoms with van der Waals surface area (Å²) in [5.74, 6) is 0.902. The van der Waals surface area contributed by atoms with Crippen molar-refractivity contribution in [2.45, 2.75) is 33.7 Å². The van der Waals surface area contributed by atoms with Crippen LogP contribution in [0, 0.1) is 6.92 Å². The summed E-state index contributed by atoms with van der Waals surface area (Å²) in [5.41, 5.74) is 4.97. The van der Waals surface area contributed by atoms with Gasteiger partial charge in [0.2, 0.25) is 5.95 Å². The molecular weight excluding hydrogens is 573 g/mol. The van der Waals surface area contributed by atoms with Crippen molar-refractivity contribution < 1.29 is 22.7 Å². The van der Waals surface area contributed by atoms with Crippen LogP contribution in [-0.2, 0) is 6.54 Å². The van der Waals surface area contributed by atoms with E-state index in [1.54, 1.807) is 24.2 Å². The molecule has 44 heavy (non-hydrogen) atoms. The Balaban J connectivity index is 1.41. The molecule has 226 valence electrons. The van der Waals surface area contributed by atoms with Crippen molar-refractivity contribution in [3.8, 4) is 28.4 Å².